The van der Waals surface area contributed by atoms with Crippen molar-refractivity contribution < 1.29 is 0 Å². The molecule has 0 aromatic heterocycles. The summed E-state index contributed by atoms with van der Waals surface area (Å²) >= 11 is 0. The first kappa shape index (κ1) is 21.9. The molecule has 0 heteroatoms. The van der Waals surface area contributed by atoms with Crippen LogP contribution in [0, 0.1) is 6.92 Å². The Hall–Kier alpha value is -2.34. The van der Waals surface area contributed by atoms with Crippen LogP contribution >= 0.6 is 0 Å². The van der Waals surface area contributed by atoms with Crippen LogP contribution < -0.4 is 0 Å². The van der Waals surface area contributed by atoms with Crippen LogP contribution in [0.15, 0.2) is 54.6 Å². The number of benzene rings is 3. The van der Waals surface area contributed by atoms with Crippen molar-refractivity contribution in [3.05, 3.63) is 93.5 Å². The molecule has 1 aliphatic carbocycles. The van der Waals surface area contributed by atoms with Crippen LogP contribution in [0.1, 0.15) is 84.9 Å². The maximum absolute atomic E-state index is 2.52. The van der Waals surface area contributed by atoms with E-state index in [4.69, 9.17) is 0 Å². The quantitative estimate of drug-likeness (QED) is 0.343. The number of hydrogen-bond donors (Lipinski definition) is 0. The highest BCUT2D eigenvalue weighted by atomic mass is 14.3. The molecule has 1 aliphatic rings. The van der Waals surface area contributed by atoms with Crippen molar-refractivity contribution in [2.24, 2.45) is 0 Å². The zero-order chi connectivity index (χ0) is 21.8. The predicted octanol–water partition coefficient (Wildman–Crippen LogP) is 8.40. The summed E-state index contributed by atoms with van der Waals surface area (Å²) in [5.74, 6) is 0.546. The van der Waals surface area contributed by atoms with Crippen molar-refractivity contribution in [2.75, 3.05) is 0 Å². The molecule has 0 fully saturated rings. The minimum Gasteiger partial charge on any atom is -0.0654 e. The Morgan fingerprint density at radius 2 is 1.42 bits per heavy atom. The predicted molar refractivity (Wildman–Crippen MR) is 135 cm³/mol. The number of fused-ring (bicyclic) bond motifs is 3. The molecule has 0 amide bonds. The Bertz CT molecular complexity index is 1010. The number of hydrogen-bond acceptors (Lipinski definition) is 0. The van der Waals surface area contributed by atoms with E-state index in [9.17, 15) is 0 Å². The van der Waals surface area contributed by atoms with Gasteiger partial charge in [0.05, 0.1) is 0 Å². The van der Waals surface area contributed by atoms with Gasteiger partial charge in [-0.15, -0.1) is 0 Å². The summed E-state index contributed by atoms with van der Waals surface area (Å²) in [6.07, 6.45) is 9.62. The van der Waals surface area contributed by atoms with Gasteiger partial charge in [-0.3, -0.25) is 0 Å². The third kappa shape index (κ3) is 4.64. The van der Waals surface area contributed by atoms with Gasteiger partial charge in [0.25, 0.3) is 0 Å². The summed E-state index contributed by atoms with van der Waals surface area (Å²) in [7, 11) is 0. The van der Waals surface area contributed by atoms with Gasteiger partial charge in [0.15, 0.2) is 0 Å². The first-order chi connectivity index (χ1) is 15.1. The van der Waals surface area contributed by atoms with Crippen LogP contribution in [0.5, 0.6) is 0 Å². The van der Waals surface area contributed by atoms with Crippen molar-refractivity contribution in [1.29, 1.82) is 0 Å². The molecule has 31 heavy (non-hydrogen) atoms. The second kappa shape index (κ2) is 9.86. The van der Waals surface area contributed by atoms with E-state index < -0.39 is 0 Å². The van der Waals surface area contributed by atoms with Crippen LogP contribution in [0.3, 0.4) is 0 Å². The Kier molecular flexibility index (Phi) is 6.96. The molecule has 0 saturated heterocycles. The third-order valence-corrected chi connectivity index (χ3v) is 7.36. The minimum atomic E-state index is 0.546. The number of aryl methyl sites for hydroxylation is 3. The van der Waals surface area contributed by atoms with Gasteiger partial charge in [0, 0.05) is 0 Å². The fourth-order valence-electron chi connectivity index (χ4n) is 5.45. The van der Waals surface area contributed by atoms with Crippen LogP contribution in [0.4, 0.5) is 0 Å². The van der Waals surface area contributed by atoms with Crippen LogP contribution in [0.25, 0.3) is 11.1 Å². The van der Waals surface area contributed by atoms with Gasteiger partial charge in [-0.05, 0) is 101 Å². The molecule has 4 rings (SSSR count). The van der Waals surface area contributed by atoms with Gasteiger partial charge in [0.2, 0.25) is 0 Å². The van der Waals surface area contributed by atoms with Crippen LogP contribution in [-0.4, -0.2) is 0 Å². The van der Waals surface area contributed by atoms with Gasteiger partial charge in [-0.25, -0.2) is 0 Å². The molecule has 0 nitrogen and oxygen atoms in total. The molecular weight excluding hydrogens is 372 g/mol. The van der Waals surface area contributed by atoms with E-state index in [1.165, 1.54) is 64.6 Å². The smallest absolute Gasteiger partial charge is 0.00804 e. The topological polar surface area (TPSA) is 0 Å². The Labute approximate surface area is 189 Å². The van der Waals surface area contributed by atoms with E-state index in [0.717, 1.165) is 25.7 Å². The minimum absolute atomic E-state index is 0.546. The summed E-state index contributed by atoms with van der Waals surface area (Å²) in [5, 5.41) is 0. The molecule has 3 aromatic carbocycles. The second-order valence-corrected chi connectivity index (χ2v) is 9.38. The number of unbranched alkanes of at least 4 members (excludes halogenated alkanes) is 2. The lowest BCUT2D eigenvalue weighted by atomic mass is 9.84. The van der Waals surface area contributed by atoms with Crippen molar-refractivity contribution in [3.8, 4) is 11.1 Å². The maximum Gasteiger partial charge on any atom is -0.00804 e. The molecule has 162 valence electrons. The van der Waals surface area contributed by atoms with E-state index >= 15 is 0 Å². The average Bonchev–Trinajstić information content (AvgIpc) is 2.96. The molecule has 1 unspecified atom stereocenters. The maximum atomic E-state index is 2.52. The molecule has 1 atom stereocenters. The molecule has 0 saturated carbocycles. The van der Waals surface area contributed by atoms with E-state index in [0.29, 0.717) is 5.92 Å². The third-order valence-electron chi connectivity index (χ3n) is 7.36. The highest BCUT2D eigenvalue weighted by molar-refractivity contribution is 5.72. The largest absolute Gasteiger partial charge is 0.0654 e. The van der Waals surface area contributed by atoms with Gasteiger partial charge < -0.3 is 0 Å². The highest BCUT2D eigenvalue weighted by Crippen LogP contribution is 2.39. The lowest BCUT2D eigenvalue weighted by molar-refractivity contribution is 0.683. The Morgan fingerprint density at radius 3 is 2.13 bits per heavy atom. The van der Waals surface area contributed by atoms with Crippen molar-refractivity contribution in [1.82, 2.24) is 0 Å². The lowest BCUT2D eigenvalue weighted by Gasteiger charge is -2.20. The highest BCUT2D eigenvalue weighted by Gasteiger charge is 2.23. The average molecular weight is 411 g/mol. The summed E-state index contributed by atoms with van der Waals surface area (Å²) in [6, 6.07) is 21.4. The van der Waals surface area contributed by atoms with E-state index in [-0.39, 0.29) is 0 Å². The van der Waals surface area contributed by atoms with Crippen LogP contribution in [-0.2, 0) is 32.1 Å². The van der Waals surface area contributed by atoms with Gasteiger partial charge >= 0.3 is 0 Å². The SMILES string of the molecule is CCCCCc1ccc2c(c1)CC(c1cc(CC)c(C)c(CC)c1)Cc1ccccc1-2. The van der Waals surface area contributed by atoms with Crippen molar-refractivity contribution >= 4 is 0 Å². The van der Waals surface area contributed by atoms with E-state index in [2.05, 4.69) is 82.3 Å². The fourth-order valence-corrected chi connectivity index (χ4v) is 5.45. The van der Waals surface area contributed by atoms with Gasteiger partial charge in [0.1, 0.15) is 0 Å². The first-order valence-electron chi connectivity index (χ1n) is 12.5. The lowest BCUT2D eigenvalue weighted by Crippen LogP contribution is -2.08. The van der Waals surface area contributed by atoms with Gasteiger partial charge in [-0.1, -0.05) is 88.2 Å². The van der Waals surface area contributed by atoms with E-state index in [1.807, 2.05) is 0 Å². The van der Waals surface area contributed by atoms with Gasteiger partial charge in [-0.2, -0.15) is 0 Å². The summed E-state index contributed by atoms with van der Waals surface area (Å²) < 4.78 is 0. The zero-order valence-electron chi connectivity index (χ0n) is 19.9. The summed E-state index contributed by atoms with van der Waals surface area (Å²) in [6.45, 7) is 9.19. The fraction of sp³-hybridized carbons (Fsp3) is 0.419. The molecule has 3 aromatic rings. The first-order valence-corrected chi connectivity index (χ1v) is 12.5. The molecule has 0 radical (unpaired) electrons. The second-order valence-electron chi connectivity index (χ2n) is 9.38. The van der Waals surface area contributed by atoms with Crippen molar-refractivity contribution in [3.63, 3.8) is 0 Å². The zero-order valence-corrected chi connectivity index (χ0v) is 19.9. The van der Waals surface area contributed by atoms with Crippen molar-refractivity contribution in [2.45, 2.75) is 85.0 Å². The Morgan fingerprint density at radius 1 is 0.742 bits per heavy atom. The summed E-state index contributed by atoms with van der Waals surface area (Å²) in [4.78, 5) is 0. The molecular formula is C31H38. The monoisotopic (exact) mass is 410 g/mol. The Balaban J connectivity index is 1.77. The molecule has 0 spiro atoms. The van der Waals surface area contributed by atoms with Crippen LogP contribution in [0.2, 0.25) is 0 Å². The summed E-state index contributed by atoms with van der Waals surface area (Å²) in [5.41, 5.74) is 13.6. The normalized spacial score (nSPS) is 15.3. The molecule has 0 aliphatic heterocycles. The number of rotatable bonds is 7. The molecule has 0 heterocycles. The molecule has 0 N–H and O–H groups in total. The standard InChI is InChI=1S/C31H38/c1-5-8-9-12-23-15-16-31-29(17-23)21-28(20-26-13-10-11-14-30(26)31)27-18-24(6-2)22(4)25(7-3)19-27/h10-11,13-19,28H,5-9,12,20-21H2,1-4H3. The van der Waals surface area contributed by atoms with E-state index in [1.54, 1.807) is 11.1 Å². The molecule has 0 bridgehead atoms.